The lowest BCUT2D eigenvalue weighted by Gasteiger charge is -2.29. The third-order valence-corrected chi connectivity index (χ3v) is 5.40. The number of rotatable bonds is 4. The van der Waals surface area contributed by atoms with Crippen molar-refractivity contribution in [1.29, 1.82) is 0 Å². The number of benzene rings is 1. The van der Waals surface area contributed by atoms with Gasteiger partial charge in [-0.25, -0.2) is 0 Å². The zero-order chi connectivity index (χ0) is 14.7. The summed E-state index contributed by atoms with van der Waals surface area (Å²) in [6.07, 6.45) is 5.46. The average Bonchev–Trinajstić information content (AvgIpc) is 3.01. The van der Waals surface area contributed by atoms with Crippen LogP contribution in [0.25, 0.3) is 0 Å². The molecular weight excluding hydrogens is 286 g/mol. The minimum Gasteiger partial charge on any atom is -0.492 e. The molecule has 1 atom stereocenters. The summed E-state index contributed by atoms with van der Waals surface area (Å²) in [5.41, 5.74) is 1.24. The van der Waals surface area contributed by atoms with Crippen LogP contribution in [0.15, 0.2) is 24.3 Å². The lowest BCUT2D eigenvalue weighted by atomic mass is 9.88. The number of ether oxygens (including phenoxy) is 1. The normalized spacial score (nSPS) is 23.2. The molecule has 3 nitrogen and oxygen atoms in total. The van der Waals surface area contributed by atoms with Crippen LogP contribution in [0.1, 0.15) is 31.2 Å². The molecule has 1 amide bonds. The Hall–Kier alpha value is -1.22. The van der Waals surface area contributed by atoms with Crippen LogP contribution in [0, 0.1) is 11.3 Å². The van der Waals surface area contributed by atoms with Crippen LogP contribution in [-0.2, 0) is 11.2 Å². The maximum absolute atomic E-state index is 12.4. The zero-order valence-electron chi connectivity index (χ0n) is 12.2. The molecule has 3 rings (SSSR count). The summed E-state index contributed by atoms with van der Waals surface area (Å²) in [6, 6.07) is 7.95. The van der Waals surface area contributed by atoms with Crippen LogP contribution < -0.4 is 10.1 Å². The maximum Gasteiger partial charge on any atom is 0.226 e. The Kier molecular flexibility index (Phi) is 4.39. The van der Waals surface area contributed by atoms with Crippen LogP contribution in [0.3, 0.4) is 0 Å². The monoisotopic (exact) mass is 307 g/mol. The Morgan fingerprint density at radius 2 is 2.10 bits per heavy atom. The molecule has 1 aliphatic heterocycles. The molecule has 0 saturated heterocycles. The molecule has 114 valence electrons. The molecule has 1 aromatic carbocycles. The van der Waals surface area contributed by atoms with E-state index in [1.165, 1.54) is 12.8 Å². The van der Waals surface area contributed by atoms with E-state index in [1.807, 2.05) is 24.3 Å². The third kappa shape index (κ3) is 3.18. The molecule has 1 N–H and O–H groups in total. The molecular formula is C17H22ClNO2. The number of halogens is 1. The van der Waals surface area contributed by atoms with Gasteiger partial charge in [-0.15, -0.1) is 11.6 Å². The minimum absolute atomic E-state index is 0.0892. The van der Waals surface area contributed by atoms with Gasteiger partial charge in [0.15, 0.2) is 0 Å². The van der Waals surface area contributed by atoms with Gasteiger partial charge in [-0.05, 0) is 30.9 Å². The number of nitrogens with one attached hydrogen (secondary N) is 1. The molecule has 0 spiro atoms. The van der Waals surface area contributed by atoms with Crippen molar-refractivity contribution in [3.8, 4) is 5.75 Å². The van der Waals surface area contributed by atoms with Crippen molar-refractivity contribution in [3.05, 3.63) is 29.8 Å². The highest BCUT2D eigenvalue weighted by Gasteiger charge is 2.34. The van der Waals surface area contributed by atoms with Gasteiger partial charge in [0, 0.05) is 17.8 Å². The quantitative estimate of drug-likeness (QED) is 0.868. The number of carbonyl (C=O) groups excluding carboxylic acids is 1. The summed E-state index contributed by atoms with van der Waals surface area (Å²) >= 11 is 6.12. The Bertz CT molecular complexity index is 511. The van der Waals surface area contributed by atoms with E-state index in [0.29, 0.717) is 19.0 Å². The lowest BCUT2D eigenvalue weighted by Crippen LogP contribution is -2.43. The Morgan fingerprint density at radius 3 is 2.86 bits per heavy atom. The first-order valence-electron chi connectivity index (χ1n) is 7.77. The molecule has 21 heavy (non-hydrogen) atoms. The summed E-state index contributed by atoms with van der Waals surface area (Å²) in [5, 5.41) is 3.11. The van der Waals surface area contributed by atoms with Gasteiger partial charge in [0.2, 0.25) is 5.91 Å². The number of amides is 1. The number of para-hydroxylation sites is 1. The maximum atomic E-state index is 12.4. The second-order valence-corrected chi connectivity index (χ2v) is 6.65. The molecule has 1 aliphatic carbocycles. The van der Waals surface area contributed by atoms with Gasteiger partial charge >= 0.3 is 0 Å². The molecule has 1 unspecified atom stereocenters. The highest BCUT2D eigenvalue weighted by molar-refractivity contribution is 6.18. The Labute approximate surface area is 131 Å². The minimum atomic E-state index is -0.0892. The van der Waals surface area contributed by atoms with Crippen molar-refractivity contribution < 1.29 is 9.53 Å². The summed E-state index contributed by atoms with van der Waals surface area (Å²) in [4.78, 5) is 12.4. The van der Waals surface area contributed by atoms with Gasteiger partial charge in [-0.1, -0.05) is 31.0 Å². The van der Waals surface area contributed by atoms with Gasteiger partial charge in [0.1, 0.15) is 12.4 Å². The Morgan fingerprint density at radius 1 is 1.33 bits per heavy atom. The lowest BCUT2D eigenvalue weighted by molar-refractivity contribution is -0.126. The summed E-state index contributed by atoms with van der Waals surface area (Å²) in [5.74, 6) is 1.56. The number of fused-ring (bicyclic) bond motifs is 1. The molecule has 0 radical (unpaired) electrons. The van der Waals surface area contributed by atoms with Gasteiger partial charge in [0.05, 0.1) is 5.92 Å². The Balaban J connectivity index is 1.57. The van der Waals surface area contributed by atoms with E-state index in [2.05, 4.69) is 5.32 Å². The number of hydrogen-bond donors (Lipinski definition) is 1. The van der Waals surface area contributed by atoms with Crippen molar-refractivity contribution in [2.24, 2.45) is 11.3 Å². The van der Waals surface area contributed by atoms with Crippen molar-refractivity contribution in [3.63, 3.8) is 0 Å². The van der Waals surface area contributed by atoms with Gasteiger partial charge in [-0.3, -0.25) is 4.79 Å². The van der Waals surface area contributed by atoms with Crippen molar-refractivity contribution in [1.82, 2.24) is 5.32 Å². The largest absolute Gasteiger partial charge is 0.492 e. The highest BCUT2D eigenvalue weighted by atomic mass is 35.5. The highest BCUT2D eigenvalue weighted by Crippen LogP contribution is 2.38. The standard InChI is InChI=1S/C17H22ClNO2/c18-11-17(7-3-4-8-17)12-19-16(20)14-9-13-5-1-2-6-15(13)21-10-14/h1-2,5-6,14H,3-4,7-12H2,(H,19,20). The SMILES string of the molecule is O=C(NCC1(CCl)CCCC1)C1COc2ccccc2C1. The van der Waals surface area contributed by atoms with Crippen LogP contribution in [0.5, 0.6) is 5.75 Å². The van der Waals surface area contributed by atoms with Gasteiger partial charge < -0.3 is 10.1 Å². The molecule has 4 heteroatoms. The number of hydrogen-bond acceptors (Lipinski definition) is 2. The third-order valence-electron chi connectivity index (χ3n) is 4.84. The number of alkyl halides is 1. The average molecular weight is 308 g/mol. The van der Waals surface area contributed by atoms with Crippen molar-refractivity contribution in [2.75, 3.05) is 19.0 Å². The van der Waals surface area contributed by atoms with Crippen LogP contribution in [-0.4, -0.2) is 24.9 Å². The van der Waals surface area contributed by atoms with E-state index < -0.39 is 0 Å². The predicted molar refractivity (Wildman–Crippen MR) is 83.8 cm³/mol. The fourth-order valence-electron chi connectivity index (χ4n) is 3.40. The number of carbonyl (C=O) groups is 1. The van der Waals surface area contributed by atoms with Crippen LogP contribution in [0.4, 0.5) is 0 Å². The molecule has 0 bridgehead atoms. The second-order valence-electron chi connectivity index (χ2n) is 6.38. The topological polar surface area (TPSA) is 38.3 Å². The van der Waals surface area contributed by atoms with E-state index in [9.17, 15) is 4.79 Å². The fraction of sp³-hybridized carbons (Fsp3) is 0.588. The van der Waals surface area contributed by atoms with E-state index in [0.717, 1.165) is 30.6 Å². The van der Waals surface area contributed by atoms with E-state index in [-0.39, 0.29) is 17.2 Å². The fourth-order valence-corrected chi connectivity index (χ4v) is 3.76. The molecule has 1 saturated carbocycles. The second kappa shape index (κ2) is 6.27. The van der Waals surface area contributed by atoms with Crippen LogP contribution in [0.2, 0.25) is 0 Å². The van der Waals surface area contributed by atoms with Crippen molar-refractivity contribution >= 4 is 17.5 Å². The van der Waals surface area contributed by atoms with E-state index in [1.54, 1.807) is 0 Å². The summed E-state index contributed by atoms with van der Waals surface area (Å²) in [7, 11) is 0. The first-order valence-corrected chi connectivity index (χ1v) is 8.30. The van der Waals surface area contributed by atoms with Crippen molar-refractivity contribution in [2.45, 2.75) is 32.1 Å². The first-order chi connectivity index (χ1) is 10.2. The van der Waals surface area contributed by atoms with E-state index in [4.69, 9.17) is 16.3 Å². The smallest absolute Gasteiger partial charge is 0.226 e. The zero-order valence-corrected chi connectivity index (χ0v) is 13.0. The predicted octanol–water partition coefficient (Wildman–Crippen LogP) is 3.15. The molecule has 2 aliphatic rings. The first kappa shape index (κ1) is 14.7. The summed E-state index contributed by atoms with van der Waals surface area (Å²) in [6.45, 7) is 1.17. The summed E-state index contributed by atoms with van der Waals surface area (Å²) < 4.78 is 5.69. The van der Waals surface area contributed by atoms with E-state index >= 15 is 0 Å². The van der Waals surface area contributed by atoms with Gasteiger partial charge in [-0.2, -0.15) is 0 Å². The van der Waals surface area contributed by atoms with Gasteiger partial charge in [0.25, 0.3) is 0 Å². The molecule has 1 heterocycles. The molecule has 0 aromatic heterocycles. The van der Waals surface area contributed by atoms with Crippen LogP contribution >= 0.6 is 11.6 Å². The molecule has 1 fully saturated rings. The molecule has 1 aromatic rings.